The van der Waals surface area contributed by atoms with Crippen LogP contribution in [0.4, 0.5) is 5.82 Å². The molecule has 1 unspecified atom stereocenters. The van der Waals surface area contributed by atoms with E-state index in [4.69, 9.17) is 26.6 Å². The molecule has 2 aliphatic heterocycles. The van der Waals surface area contributed by atoms with Crippen LogP contribution in [0, 0.1) is 0 Å². The predicted octanol–water partition coefficient (Wildman–Crippen LogP) is 1.64. The molecule has 1 saturated heterocycles. The molecule has 19 heavy (non-hydrogen) atoms. The van der Waals surface area contributed by atoms with E-state index in [0.717, 1.165) is 0 Å². The maximum absolute atomic E-state index is 8.73. The Bertz CT molecular complexity index is 512. The highest BCUT2D eigenvalue weighted by molar-refractivity contribution is 6.28. The van der Waals surface area contributed by atoms with Gasteiger partial charge in [-0.3, -0.25) is 0 Å². The van der Waals surface area contributed by atoms with Crippen LogP contribution in [0.25, 0.3) is 5.53 Å². The summed E-state index contributed by atoms with van der Waals surface area (Å²) in [5.41, 5.74) is 9.22. The molecule has 102 valence electrons. The van der Waals surface area contributed by atoms with E-state index in [2.05, 4.69) is 26.9 Å². The van der Waals surface area contributed by atoms with Crippen molar-refractivity contribution in [2.24, 2.45) is 5.11 Å². The minimum Gasteiger partial charge on any atom is -0.712 e. The number of fused-ring (bicyclic) bond motifs is 3. The van der Waals surface area contributed by atoms with Crippen molar-refractivity contribution < 1.29 is 9.47 Å². The van der Waals surface area contributed by atoms with Crippen molar-refractivity contribution in [3.05, 3.63) is 16.5 Å². The molecule has 0 aliphatic carbocycles. The third-order valence-corrected chi connectivity index (χ3v) is 3.48. The van der Waals surface area contributed by atoms with Crippen LogP contribution >= 0.6 is 11.6 Å². The van der Waals surface area contributed by atoms with Crippen LogP contribution in [0.5, 0.6) is 5.75 Å². The van der Waals surface area contributed by atoms with Gasteiger partial charge >= 0.3 is 0 Å². The molecule has 1 fully saturated rings. The lowest BCUT2D eigenvalue weighted by atomic mass is 10.1. The Labute approximate surface area is 115 Å². The molecule has 0 N–H and O–H groups in total. The Balaban J connectivity index is 2.08. The molecule has 7 nitrogen and oxygen atoms in total. The first kappa shape index (κ1) is 12.6. The molecule has 8 heteroatoms. The first-order valence-corrected chi connectivity index (χ1v) is 6.44. The zero-order valence-electron chi connectivity index (χ0n) is 10.4. The third kappa shape index (κ3) is 2.12. The smallest absolute Gasteiger partial charge is 0.224 e. The molecule has 0 aromatic carbocycles. The van der Waals surface area contributed by atoms with E-state index in [1.165, 1.54) is 0 Å². The van der Waals surface area contributed by atoms with Gasteiger partial charge in [-0.05, 0) is 18.5 Å². The summed E-state index contributed by atoms with van der Waals surface area (Å²) in [5.74, 6) is 1.21. The largest absolute Gasteiger partial charge is 0.712 e. The van der Waals surface area contributed by atoms with Gasteiger partial charge in [0.2, 0.25) is 5.28 Å². The second kappa shape index (κ2) is 4.90. The van der Waals surface area contributed by atoms with E-state index in [-0.39, 0.29) is 23.9 Å². The Morgan fingerprint density at radius 2 is 2.26 bits per heavy atom. The van der Waals surface area contributed by atoms with Gasteiger partial charge in [-0.15, -0.1) is 0 Å². The summed E-state index contributed by atoms with van der Waals surface area (Å²) in [7, 11) is 0. The van der Waals surface area contributed by atoms with Crippen molar-refractivity contribution >= 4 is 17.4 Å². The number of hydrogen-bond acceptors (Lipinski definition) is 6. The summed E-state index contributed by atoms with van der Waals surface area (Å²) >= 11 is 5.94. The van der Waals surface area contributed by atoms with Gasteiger partial charge in [0.1, 0.15) is 12.3 Å². The van der Waals surface area contributed by atoms with Gasteiger partial charge in [-0.2, -0.15) is 4.98 Å². The van der Waals surface area contributed by atoms with Gasteiger partial charge in [0.15, 0.2) is 11.6 Å². The van der Waals surface area contributed by atoms with Crippen LogP contribution in [0.3, 0.4) is 0 Å². The standard InChI is InChI=1S/C11H13ClN5O2/c1-6-3-18-4-7-5-19-9-8(2-14-13)15-11(12)16-10(9)17(6)7/h6-7H,2-5H2,1H3/q-1/t6-,7?/m1/s1. The van der Waals surface area contributed by atoms with Crippen molar-refractivity contribution in [1.82, 2.24) is 9.97 Å². The summed E-state index contributed by atoms with van der Waals surface area (Å²) in [6, 6.07) is 0.312. The lowest BCUT2D eigenvalue weighted by Crippen LogP contribution is -2.56. The average Bonchev–Trinajstić information content (AvgIpc) is 2.38. The van der Waals surface area contributed by atoms with E-state index >= 15 is 0 Å². The number of aromatic nitrogens is 2. The molecular formula is C11H13ClN5O2-. The molecule has 3 heterocycles. The Kier molecular flexibility index (Phi) is 3.24. The van der Waals surface area contributed by atoms with Gasteiger partial charge in [-0.1, -0.05) is 0 Å². The van der Waals surface area contributed by atoms with E-state index in [1.807, 2.05) is 0 Å². The molecule has 0 saturated carbocycles. The van der Waals surface area contributed by atoms with Crippen LogP contribution in [0.2, 0.25) is 5.28 Å². The Morgan fingerprint density at radius 3 is 3.05 bits per heavy atom. The zero-order chi connectivity index (χ0) is 13.4. The minimum absolute atomic E-state index is 0.0357. The topological polar surface area (TPSA) is 82.1 Å². The van der Waals surface area contributed by atoms with E-state index in [1.54, 1.807) is 0 Å². The predicted molar refractivity (Wildman–Crippen MR) is 68.6 cm³/mol. The lowest BCUT2D eigenvalue weighted by molar-refractivity contribution is 0.0483. The number of rotatable bonds is 2. The molecule has 1 aromatic rings. The number of hydrogen-bond donors (Lipinski definition) is 0. The summed E-state index contributed by atoms with van der Waals surface area (Å²) in [6.07, 6.45) is 0. The van der Waals surface area contributed by atoms with Crippen LogP contribution in [-0.2, 0) is 11.3 Å². The first-order valence-electron chi connectivity index (χ1n) is 6.07. The minimum atomic E-state index is 0.0357. The SMILES string of the molecule is C[C@@H]1COCC2COc3c(CN=[N-])nc(Cl)nc3N21. The molecule has 0 radical (unpaired) electrons. The normalized spacial score (nSPS) is 25.3. The maximum atomic E-state index is 8.73. The Morgan fingerprint density at radius 1 is 1.42 bits per heavy atom. The van der Waals surface area contributed by atoms with E-state index in [9.17, 15) is 0 Å². The quantitative estimate of drug-likeness (QED) is 0.608. The monoisotopic (exact) mass is 282 g/mol. The summed E-state index contributed by atoms with van der Waals surface area (Å²) in [6.45, 7) is 3.84. The number of anilines is 1. The highest BCUT2D eigenvalue weighted by Crippen LogP contribution is 2.38. The molecular weight excluding hydrogens is 270 g/mol. The number of halogens is 1. The van der Waals surface area contributed by atoms with Gasteiger partial charge in [0, 0.05) is 0 Å². The Hall–Kier alpha value is -1.47. The van der Waals surface area contributed by atoms with Gasteiger partial charge < -0.3 is 25.0 Å². The van der Waals surface area contributed by atoms with Crippen LogP contribution in [0.1, 0.15) is 12.6 Å². The fourth-order valence-corrected chi connectivity index (χ4v) is 2.72. The van der Waals surface area contributed by atoms with Gasteiger partial charge in [0.05, 0.1) is 31.8 Å². The molecule has 2 atom stereocenters. The maximum Gasteiger partial charge on any atom is 0.224 e. The van der Waals surface area contributed by atoms with Crippen LogP contribution in [-0.4, -0.2) is 41.9 Å². The fourth-order valence-electron chi connectivity index (χ4n) is 2.54. The highest BCUT2D eigenvalue weighted by atomic mass is 35.5. The molecule has 1 aromatic heterocycles. The van der Waals surface area contributed by atoms with Crippen molar-refractivity contribution in [3.63, 3.8) is 0 Å². The third-order valence-electron chi connectivity index (χ3n) is 3.31. The zero-order valence-corrected chi connectivity index (χ0v) is 11.2. The molecule has 0 bridgehead atoms. The summed E-state index contributed by atoms with van der Waals surface area (Å²) < 4.78 is 11.2. The van der Waals surface area contributed by atoms with Gasteiger partial charge in [0.25, 0.3) is 0 Å². The highest BCUT2D eigenvalue weighted by Gasteiger charge is 2.37. The van der Waals surface area contributed by atoms with Gasteiger partial charge in [-0.25, -0.2) is 4.98 Å². The van der Waals surface area contributed by atoms with E-state index in [0.29, 0.717) is 37.1 Å². The second-order valence-corrected chi connectivity index (χ2v) is 4.99. The number of morpholine rings is 1. The van der Waals surface area contributed by atoms with Crippen molar-refractivity contribution in [2.75, 3.05) is 24.7 Å². The molecule has 3 rings (SSSR count). The van der Waals surface area contributed by atoms with Crippen LogP contribution < -0.4 is 9.64 Å². The molecule has 0 amide bonds. The first-order chi connectivity index (χ1) is 9.20. The van der Waals surface area contributed by atoms with Crippen molar-refractivity contribution in [2.45, 2.75) is 25.6 Å². The number of nitrogens with zero attached hydrogens (tertiary/aromatic N) is 5. The molecule has 0 spiro atoms. The van der Waals surface area contributed by atoms with E-state index < -0.39 is 0 Å². The lowest BCUT2D eigenvalue weighted by Gasteiger charge is -2.44. The average molecular weight is 283 g/mol. The van der Waals surface area contributed by atoms with Crippen molar-refractivity contribution in [1.29, 1.82) is 0 Å². The second-order valence-electron chi connectivity index (χ2n) is 4.65. The number of ether oxygens (including phenoxy) is 2. The summed E-state index contributed by atoms with van der Waals surface area (Å²) in [5, 5.41) is 3.23. The summed E-state index contributed by atoms with van der Waals surface area (Å²) in [4.78, 5) is 10.5. The molecule has 2 aliphatic rings. The van der Waals surface area contributed by atoms with Crippen LogP contribution in [0.15, 0.2) is 5.11 Å². The fraction of sp³-hybridized carbons (Fsp3) is 0.636. The van der Waals surface area contributed by atoms with Crippen molar-refractivity contribution in [3.8, 4) is 5.75 Å².